The van der Waals surface area contributed by atoms with Gasteiger partial charge >= 0.3 is 0 Å². The molecule has 5 heteroatoms. The first-order valence-electron chi connectivity index (χ1n) is 5.39. The molecule has 0 aliphatic carbocycles. The quantitative estimate of drug-likeness (QED) is 0.908. The van der Waals surface area contributed by atoms with Gasteiger partial charge in [-0.05, 0) is 38.1 Å². The minimum Gasteiger partial charge on any atom is -0.382 e. The maximum absolute atomic E-state index is 13.7. The monoisotopic (exact) mass is 266 g/mol. The molecule has 1 aromatic carbocycles. The van der Waals surface area contributed by atoms with E-state index in [9.17, 15) is 9.50 Å². The topological polar surface area (TPSA) is 46.0 Å². The van der Waals surface area contributed by atoms with E-state index in [1.165, 1.54) is 24.4 Å². The molecule has 0 fully saturated rings. The number of benzene rings is 1. The van der Waals surface area contributed by atoms with Gasteiger partial charge in [-0.25, -0.2) is 14.4 Å². The van der Waals surface area contributed by atoms with Crippen LogP contribution in [-0.4, -0.2) is 15.1 Å². The first kappa shape index (κ1) is 12.9. The predicted octanol–water partition coefficient (Wildman–Crippen LogP) is 3.16. The van der Waals surface area contributed by atoms with Crippen LogP contribution in [0.3, 0.4) is 0 Å². The lowest BCUT2D eigenvalue weighted by Crippen LogP contribution is -2.19. The van der Waals surface area contributed by atoms with Gasteiger partial charge in [-0.1, -0.05) is 11.6 Å². The first-order valence-corrected chi connectivity index (χ1v) is 5.77. The van der Waals surface area contributed by atoms with Crippen LogP contribution in [0.2, 0.25) is 5.02 Å². The zero-order chi connectivity index (χ0) is 13.3. The van der Waals surface area contributed by atoms with Crippen LogP contribution < -0.4 is 0 Å². The summed E-state index contributed by atoms with van der Waals surface area (Å²) in [5, 5.41) is 10.3. The zero-order valence-electron chi connectivity index (χ0n) is 9.98. The van der Waals surface area contributed by atoms with Gasteiger partial charge in [0, 0.05) is 16.8 Å². The first-order chi connectivity index (χ1) is 8.38. The van der Waals surface area contributed by atoms with Gasteiger partial charge in [0.1, 0.15) is 11.4 Å². The highest BCUT2D eigenvalue weighted by Gasteiger charge is 2.20. The average Bonchev–Trinajstić information content (AvgIpc) is 2.31. The van der Waals surface area contributed by atoms with Gasteiger partial charge in [0.25, 0.3) is 0 Å². The molecule has 0 spiro atoms. The normalized spacial score (nSPS) is 11.6. The molecule has 0 radical (unpaired) electrons. The lowest BCUT2D eigenvalue weighted by atomic mass is 10.1. The van der Waals surface area contributed by atoms with Crippen LogP contribution in [0.1, 0.15) is 19.7 Å². The number of halogens is 2. The summed E-state index contributed by atoms with van der Waals surface area (Å²) in [6.45, 7) is 3.14. The summed E-state index contributed by atoms with van der Waals surface area (Å²) in [6.07, 6.45) is 1.48. The highest BCUT2D eigenvalue weighted by atomic mass is 35.5. The SMILES string of the molecule is CC(C)(O)c1nccc(-c2cc(Cl)ccc2F)n1. The van der Waals surface area contributed by atoms with Crippen molar-refractivity contribution in [2.45, 2.75) is 19.4 Å². The van der Waals surface area contributed by atoms with E-state index >= 15 is 0 Å². The summed E-state index contributed by atoms with van der Waals surface area (Å²) in [5.74, 6) is -0.181. The third kappa shape index (κ3) is 2.66. The van der Waals surface area contributed by atoms with Crippen molar-refractivity contribution < 1.29 is 9.50 Å². The molecule has 1 N–H and O–H groups in total. The molecular formula is C13H12ClFN2O. The van der Waals surface area contributed by atoms with Crippen molar-refractivity contribution in [3.8, 4) is 11.3 Å². The van der Waals surface area contributed by atoms with Crippen LogP contribution >= 0.6 is 11.6 Å². The Kier molecular flexibility index (Phi) is 3.32. The molecule has 0 amide bonds. The molecule has 1 aromatic heterocycles. The molecule has 2 aromatic rings. The number of aromatic nitrogens is 2. The second kappa shape index (κ2) is 4.63. The lowest BCUT2D eigenvalue weighted by molar-refractivity contribution is 0.0688. The van der Waals surface area contributed by atoms with Crippen LogP contribution in [-0.2, 0) is 5.60 Å². The van der Waals surface area contributed by atoms with Gasteiger partial charge in [-0.3, -0.25) is 0 Å². The van der Waals surface area contributed by atoms with Crippen LogP contribution in [0.15, 0.2) is 30.5 Å². The van der Waals surface area contributed by atoms with Crippen molar-refractivity contribution in [3.05, 3.63) is 47.1 Å². The molecule has 0 aliphatic rings. The van der Waals surface area contributed by atoms with Crippen molar-refractivity contribution in [1.82, 2.24) is 9.97 Å². The van der Waals surface area contributed by atoms with E-state index in [0.717, 1.165) is 0 Å². The summed E-state index contributed by atoms with van der Waals surface area (Å²) in [5.41, 5.74) is -0.497. The van der Waals surface area contributed by atoms with Crippen LogP contribution in [0.4, 0.5) is 4.39 Å². The van der Waals surface area contributed by atoms with Crippen molar-refractivity contribution in [3.63, 3.8) is 0 Å². The molecule has 0 saturated carbocycles. The zero-order valence-corrected chi connectivity index (χ0v) is 10.7. The maximum Gasteiger partial charge on any atom is 0.160 e. The molecule has 0 saturated heterocycles. The van der Waals surface area contributed by atoms with E-state index in [1.54, 1.807) is 19.9 Å². The average molecular weight is 267 g/mol. The second-order valence-corrected chi connectivity index (χ2v) is 4.89. The lowest BCUT2D eigenvalue weighted by Gasteiger charge is -2.15. The maximum atomic E-state index is 13.7. The Labute approximate surface area is 109 Å². The van der Waals surface area contributed by atoms with Crippen LogP contribution in [0.25, 0.3) is 11.3 Å². The molecule has 0 atom stereocenters. The smallest absolute Gasteiger partial charge is 0.160 e. The van der Waals surface area contributed by atoms with E-state index in [-0.39, 0.29) is 11.4 Å². The van der Waals surface area contributed by atoms with Gasteiger partial charge in [0.05, 0.1) is 5.69 Å². The van der Waals surface area contributed by atoms with Crippen LogP contribution in [0, 0.1) is 5.82 Å². The Morgan fingerprint density at radius 2 is 2.00 bits per heavy atom. The molecule has 0 bridgehead atoms. The fourth-order valence-corrected chi connectivity index (χ4v) is 1.67. The van der Waals surface area contributed by atoms with Gasteiger partial charge in [-0.2, -0.15) is 0 Å². The minimum absolute atomic E-state index is 0.236. The fourth-order valence-electron chi connectivity index (χ4n) is 1.50. The van der Waals surface area contributed by atoms with E-state index in [2.05, 4.69) is 9.97 Å². The Bertz CT molecular complexity index is 581. The number of hydrogen-bond acceptors (Lipinski definition) is 3. The standard InChI is InChI=1S/C13H12ClFN2O/c1-13(2,18)12-16-6-5-11(17-12)9-7-8(14)3-4-10(9)15/h3-7,18H,1-2H3. The Morgan fingerprint density at radius 1 is 1.28 bits per heavy atom. The Morgan fingerprint density at radius 3 is 2.67 bits per heavy atom. The number of rotatable bonds is 2. The number of aliphatic hydroxyl groups is 1. The summed E-state index contributed by atoms with van der Waals surface area (Å²) in [4.78, 5) is 8.13. The fraction of sp³-hybridized carbons (Fsp3) is 0.231. The Hall–Kier alpha value is -1.52. The molecule has 94 valence electrons. The van der Waals surface area contributed by atoms with E-state index < -0.39 is 11.4 Å². The third-order valence-electron chi connectivity index (χ3n) is 2.41. The van der Waals surface area contributed by atoms with Crippen molar-refractivity contribution in [2.75, 3.05) is 0 Å². The van der Waals surface area contributed by atoms with Crippen molar-refractivity contribution >= 4 is 11.6 Å². The van der Waals surface area contributed by atoms with E-state index in [0.29, 0.717) is 10.7 Å². The molecule has 18 heavy (non-hydrogen) atoms. The van der Waals surface area contributed by atoms with Crippen molar-refractivity contribution in [2.24, 2.45) is 0 Å². The van der Waals surface area contributed by atoms with Gasteiger partial charge in [0.2, 0.25) is 0 Å². The third-order valence-corrected chi connectivity index (χ3v) is 2.64. The summed E-state index contributed by atoms with van der Waals surface area (Å²) in [7, 11) is 0. The van der Waals surface area contributed by atoms with Gasteiger partial charge in [0.15, 0.2) is 5.82 Å². The minimum atomic E-state index is -1.18. The molecule has 0 unspecified atom stereocenters. The summed E-state index contributed by atoms with van der Waals surface area (Å²) in [6, 6.07) is 5.82. The van der Waals surface area contributed by atoms with E-state index in [1.807, 2.05) is 0 Å². The molecule has 3 nitrogen and oxygen atoms in total. The number of hydrogen-bond donors (Lipinski definition) is 1. The van der Waals surface area contributed by atoms with Crippen molar-refractivity contribution in [1.29, 1.82) is 0 Å². The largest absolute Gasteiger partial charge is 0.382 e. The van der Waals surface area contributed by atoms with E-state index in [4.69, 9.17) is 11.6 Å². The summed E-state index contributed by atoms with van der Waals surface area (Å²) >= 11 is 5.84. The summed E-state index contributed by atoms with van der Waals surface area (Å²) < 4.78 is 13.7. The Balaban J connectivity index is 2.55. The van der Waals surface area contributed by atoms with Gasteiger partial charge < -0.3 is 5.11 Å². The van der Waals surface area contributed by atoms with Gasteiger partial charge in [-0.15, -0.1) is 0 Å². The highest BCUT2D eigenvalue weighted by molar-refractivity contribution is 6.30. The molecular weight excluding hydrogens is 255 g/mol. The predicted molar refractivity (Wildman–Crippen MR) is 67.7 cm³/mol. The molecule has 0 aliphatic heterocycles. The second-order valence-electron chi connectivity index (χ2n) is 4.45. The molecule has 1 heterocycles. The number of nitrogens with zero attached hydrogens (tertiary/aromatic N) is 2. The highest BCUT2D eigenvalue weighted by Crippen LogP contribution is 2.25. The van der Waals surface area contributed by atoms with Crippen LogP contribution in [0.5, 0.6) is 0 Å². The molecule has 2 rings (SSSR count).